The van der Waals surface area contributed by atoms with Gasteiger partial charge in [-0.25, -0.2) is 0 Å². The van der Waals surface area contributed by atoms with E-state index < -0.39 is 34.4 Å². The molecule has 6 heteroatoms. The van der Waals surface area contributed by atoms with Crippen LogP contribution in [0, 0.1) is 33.5 Å². The molecule has 4 aliphatic carbocycles. The minimum Gasteiger partial charge on any atom is -0.462 e. The minimum absolute atomic E-state index is 0.0545. The quantitative estimate of drug-likeness (QED) is 0.505. The summed E-state index contributed by atoms with van der Waals surface area (Å²) in [5, 5.41) is 10.7. The van der Waals surface area contributed by atoms with E-state index in [-0.39, 0.29) is 34.7 Å². The van der Waals surface area contributed by atoms with Crippen molar-refractivity contribution in [3.8, 4) is 0 Å². The smallest absolute Gasteiger partial charge is 0.302 e. The molecule has 0 aromatic rings. The second-order valence-corrected chi connectivity index (χ2v) is 12.0. The first-order chi connectivity index (χ1) is 14.1. The second kappa shape index (κ2) is 6.84. The Labute approximate surface area is 186 Å². The van der Waals surface area contributed by atoms with Crippen LogP contribution in [0.5, 0.6) is 0 Å². The topological polar surface area (TPSA) is 72.8 Å². The molecule has 4 rings (SSSR count). The fourth-order valence-corrected chi connectivity index (χ4v) is 8.93. The summed E-state index contributed by atoms with van der Waals surface area (Å²) in [6, 6.07) is 0. The van der Waals surface area contributed by atoms with Crippen molar-refractivity contribution in [2.75, 3.05) is 0 Å². The highest BCUT2D eigenvalue weighted by Crippen LogP contribution is 2.75. The molecule has 0 aromatic carbocycles. The lowest BCUT2D eigenvalue weighted by molar-refractivity contribution is -0.228. The Morgan fingerprint density at radius 3 is 2.27 bits per heavy atom. The molecule has 2 unspecified atom stereocenters. The first-order valence-electron chi connectivity index (χ1n) is 11.8. The van der Waals surface area contributed by atoms with E-state index in [9.17, 15) is 16.1 Å². The van der Waals surface area contributed by atoms with Crippen LogP contribution in [-0.2, 0) is 19.1 Å². The van der Waals surface area contributed by atoms with E-state index in [1.165, 1.54) is 13.8 Å². The number of fused-ring (bicyclic) bond motifs is 3. The highest BCUT2D eigenvalue weighted by Gasteiger charge is 2.74. The van der Waals surface area contributed by atoms with E-state index >= 15 is 0 Å². The van der Waals surface area contributed by atoms with Crippen LogP contribution < -0.4 is 0 Å². The Morgan fingerprint density at radius 2 is 1.67 bits per heavy atom. The minimum atomic E-state index is -1.58. The van der Waals surface area contributed by atoms with Crippen LogP contribution in [0.1, 0.15) is 81.4 Å². The number of halogens is 1. The molecule has 2 bridgehead atoms. The molecule has 0 aromatic heterocycles. The number of aliphatic hydroxyl groups is 1. The first kappa shape index (κ1) is 21.1. The maximum atomic E-state index is 12.1. The number of alkyl halides is 1. The monoisotopic (exact) mass is 441 g/mol. The molecule has 1 spiro atoms. The van der Waals surface area contributed by atoms with Gasteiger partial charge in [0.15, 0.2) is 0 Å². The summed E-state index contributed by atoms with van der Waals surface area (Å²) in [4.78, 5) is 24.1. The molecular formula is C24H37ClO5. The van der Waals surface area contributed by atoms with Gasteiger partial charge < -0.3 is 14.6 Å². The molecule has 0 heterocycles. The first-order valence-corrected chi connectivity index (χ1v) is 11.8. The van der Waals surface area contributed by atoms with Crippen LogP contribution in [0.2, 0.25) is 0 Å². The Balaban J connectivity index is 1.88. The number of carbonyl (C=O) groups is 2. The molecule has 4 aliphatic rings. The zero-order chi connectivity index (χ0) is 23.2. The van der Waals surface area contributed by atoms with Gasteiger partial charge in [0.1, 0.15) is 12.2 Å². The van der Waals surface area contributed by atoms with E-state index in [1.54, 1.807) is 0 Å². The molecule has 9 atom stereocenters. The van der Waals surface area contributed by atoms with Crippen LogP contribution in [0.3, 0.4) is 0 Å². The lowest BCUT2D eigenvalue weighted by Crippen LogP contribution is -2.64. The van der Waals surface area contributed by atoms with Crippen molar-refractivity contribution in [2.45, 2.75) is 104 Å². The molecule has 5 nitrogen and oxygen atoms in total. The summed E-state index contributed by atoms with van der Waals surface area (Å²) in [6.07, 6.45) is 1.56. The average molecular weight is 442 g/mol. The van der Waals surface area contributed by atoms with Gasteiger partial charge in [0.05, 0.1) is 12.9 Å². The van der Waals surface area contributed by atoms with Crippen molar-refractivity contribution in [1.29, 1.82) is 0 Å². The largest absolute Gasteiger partial charge is 0.462 e. The van der Waals surface area contributed by atoms with Crippen LogP contribution in [0.15, 0.2) is 0 Å². The van der Waals surface area contributed by atoms with E-state index in [4.69, 9.17) is 21.1 Å². The van der Waals surface area contributed by atoms with Crippen molar-refractivity contribution < 1.29 is 25.5 Å². The summed E-state index contributed by atoms with van der Waals surface area (Å²) in [7, 11) is 0. The van der Waals surface area contributed by atoms with E-state index in [2.05, 4.69) is 20.8 Å². The molecule has 0 amide bonds. The van der Waals surface area contributed by atoms with Crippen molar-refractivity contribution in [2.24, 2.45) is 33.5 Å². The molecule has 4 fully saturated rings. The number of carbonyl (C=O) groups excluding carboxylic acids is 2. The molecule has 4 saturated carbocycles. The third kappa shape index (κ3) is 2.83. The van der Waals surface area contributed by atoms with E-state index in [0.29, 0.717) is 12.8 Å². The number of esters is 2. The van der Waals surface area contributed by atoms with Gasteiger partial charge in [-0.15, -0.1) is 11.6 Å². The Kier molecular flexibility index (Phi) is 4.80. The molecule has 0 saturated heterocycles. The van der Waals surface area contributed by atoms with E-state index in [1.807, 2.05) is 6.92 Å². The number of aliphatic hydroxyl groups excluding tert-OH is 1. The molecule has 30 heavy (non-hydrogen) atoms. The van der Waals surface area contributed by atoms with Gasteiger partial charge in [0, 0.05) is 24.7 Å². The molecular weight excluding hydrogens is 404 g/mol. The van der Waals surface area contributed by atoms with Gasteiger partial charge in [-0.1, -0.05) is 27.7 Å². The van der Waals surface area contributed by atoms with Crippen molar-refractivity contribution in [3.05, 3.63) is 0 Å². The second-order valence-electron chi connectivity index (χ2n) is 11.5. The van der Waals surface area contributed by atoms with Gasteiger partial charge in [0.2, 0.25) is 0 Å². The van der Waals surface area contributed by atoms with Crippen LogP contribution >= 0.6 is 11.6 Å². The predicted molar refractivity (Wildman–Crippen MR) is 114 cm³/mol. The van der Waals surface area contributed by atoms with Gasteiger partial charge in [-0.2, -0.15) is 0 Å². The van der Waals surface area contributed by atoms with Crippen LogP contribution in [-0.4, -0.2) is 40.7 Å². The van der Waals surface area contributed by atoms with Gasteiger partial charge in [-0.3, -0.25) is 9.59 Å². The Bertz CT molecular complexity index is 803. The van der Waals surface area contributed by atoms with Crippen molar-refractivity contribution in [1.82, 2.24) is 0 Å². The highest BCUT2D eigenvalue weighted by molar-refractivity contribution is 6.22. The third-order valence-electron chi connectivity index (χ3n) is 9.56. The van der Waals surface area contributed by atoms with Crippen LogP contribution in [0.25, 0.3) is 0 Å². The molecule has 0 aliphatic heterocycles. The normalized spacial score (nSPS) is 54.4. The van der Waals surface area contributed by atoms with Crippen molar-refractivity contribution in [3.63, 3.8) is 0 Å². The number of hydrogen-bond acceptors (Lipinski definition) is 5. The summed E-state index contributed by atoms with van der Waals surface area (Å²) >= 11 is 7.02. The standard InChI is InChI=1S/C24H37ClO5/c1-13(26)29-17-8-9-21(3,4)15-7-10-24-12-22(5,20(28)19(24)25)18(30-14(2)27)11-16(24)23(15,17)6/h15-20,28H,7-12H2,1-6H3/t15?,16?,17-,18+,19+,20-,22+,23+,24-/m0/s1/i18D. The summed E-state index contributed by atoms with van der Waals surface area (Å²) < 4.78 is 20.9. The zero-order valence-electron chi connectivity index (χ0n) is 20.1. The molecule has 0 radical (unpaired) electrons. The highest BCUT2D eigenvalue weighted by atomic mass is 35.5. The Morgan fingerprint density at radius 1 is 1.03 bits per heavy atom. The number of ether oxygens (including phenoxy) is 2. The third-order valence-corrected chi connectivity index (χ3v) is 10.2. The van der Waals surface area contributed by atoms with Gasteiger partial charge in [-0.05, 0) is 61.2 Å². The van der Waals surface area contributed by atoms with Gasteiger partial charge >= 0.3 is 11.9 Å². The Hall–Kier alpha value is -0.810. The number of hydrogen-bond donors (Lipinski definition) is 1. The maximum absolute atomic E-state index is 12.1. The molecule has 1 N–H and O–H groups in total. The number of rotatable bonds is 2. The summed E-state index contributed by atoms with van der Waals surface area (Å²) in [5.41, 5.74) is -1.68. The predicted octanol–water partition coefficient (Wildman–Crippen LogP) is 4.47. The summed E-state index contributed by atoms with van der Waals surface area (Å²) in [5.74, 6) is -0.642. The summed E-state index contributed by atoms with van der Waals surface area (Å²) in [6.45, 7) is 11.4. The van der Waals surface area contributed by atoms with Gasteiger partial charge in [0.25, 0.3) is 0 Å². The average Bonchev–Trinajstić information content (AvgIpc) is 2.80. The fraction of sp³-hybridized carbons (Fsp3) is 0.917. The zero-order valence-corrected chi connectivity index (χ0v) is 19.8. The van der Waals surface area contributed by atoms with E-state index in [0.717, 1.165) is 25.7 Å². The van der Waals surface area contributed by atoms with Crippen LogP contribution in [0.4, 0.5) is 0 Å². The lowest BCUT2D eigenvalue weighted by atomic mass is 9.39. The maximum Gasteiger partial charge on any atom is 0.302 e. The SMILES string of the molecule is [2H][C@@]1(OC(C)=O)CC2[C@]3(CCC4C(C)(C)CC[C@H](OC(C)=O)[C@]42C)C[C@@]1(C)[C@@H](O)[C@H]3Cl. The van der Waals surface area contributed by atoms with Crippen molar-refractivity contribution >= 4 is 23.5 Å². The lowest BCUT2D eigenvalue weighted by Gasteiger charge is -2.66. The molecule has 170 valence electrons. The fourth-order valence-electron chi connectivity index (χ4n) is 8.32.